The third-order valence-corrected chi connectivity index (χ3v) is 2.44. The fourth-order valence-electron chi connectivity index (χ4n) is 1.57. The van der Waals surface area contributed by atoms with E-state index < -0.39 is 0 Å². The molecule has 0 radical (unpaired) electrons. The Balaban J connectivity index is 2.64. The molecule has 0 spiro atoms. The van der Waals surface area contributed by atoms with Crippen LogP contribution in [0.2, 0.25) is 0 Å². The first-order chi connectivity index (χ1) is 8.31. The van der Waals surface area contributed by atoms with Crippen LogP contribution in [0.1, 0.15) is 18.9 Å². The fraction of sp³-hybridized carbons (Fsp3) is 0.429. The molecule has 3 heteroatoms. The molecule has 1 rings (SSSR count). The average Bonchev–Trinajstić information content (AvgIpc) is 2.36. The zero-order valence-corrected chi connectivity index (χ0v) is 10.9. The maximum absolute atomic E-state index is 5.69. The van der Waals surface area contributed by atoms with E-state index in [2.05, 4.69) is 12.4 Å². The van der Waals surface area contributed by atoms with Gasteiger partial charge in [0.15, 0.2) is 11.5 Å². The molecule has 0 fully saturated rings. The molecule has 0 aliphatic carbocycles. The topological polar surface area (TPSA) is 35.1 Å². The highest BCUT2D eigenvalue weighted by molar-refractivity contribution is 5.55. The van der Waals surface area contributed by atoms with E-state index in [4.69, 9.17) is 9.47 Å². The van der Waals surface area contributed by atoms with Gasteiger partial charge in [-0.2, -0.15) is 0 Å². The van der Waals surface area contributed by atoms with E-state index in [9.17, 15) is 0 Å². The first-order valence-corrected chi connectivity index (χ1v) is 6.03. The second-order valence-corrected chi connectivity index (χ2v) is 3.81. The summed E-state index contributed by atoms with van der Waals surface area (Å²) in [7, 11) is 3.73. The highest BCUT2D eigenvalue weighted by Crippen LogP contribution is 2.28. The van der Waals surface area contributed by atoms with Crippen molar-refractivity contribution in [3.63, 3.8) is 0 Å². The predicted octanol–water partition coefficient (Wildman–Crippen LogP) is 1.69. The van der Waals surface area contributed by atoms with Gasteiger partial charge >= 0.3 is 0 Å². The van der Waals surface area contributed by atoms with Gasteiger partial charge in [0.25, 0.3) is 0 Å². The summed E-state index contributed by atoms with van der Waals surface area (Å²) in [5.41, 5.74) is 1.12. The summed E-state index contributed by atoms with van der Waals surface area (Å²) in [5.74, 6) is 1.61. The molecule has 2 N–H and O–H groups in total. The van der Waals surface area contributed by atoms with E-state index in [1.54, 1.807) is 7.11 Å². The van der Waals surface area contributed by atoms with Gasteiger partial charge in [-0.1, -0.05) is 18.2 Å². The summed E-state index contributed by atoms with van der Waals surface area (Å²) in [5, 5.41) is 2.15. The Labute approximate surface area is 103 Å². The third kappa shape index (κ3) is 4.49. The first-order valence-electron chi connectivity index (χ1n) is 6.03. The fourth-order valence-corrected chi connectivity index (χ4v) is 1.57. The van der Waals surface area contributed by atoms with Crippen LogP contribution in [0, 0.1) is 0 Å². The summed E-state index contributed by atoms with van der Waals surface area (Å²) in [6.45, 7) is 3.81. The van der Waals surface area contributed by atoms with Crippen LogP contribution in [0.5, 0.6) is 11.5 Å². The lowest BCUT2D eigenvalue weighted by Gasteiger charge is -2.10. The summed E-state index contributed by atoms with van der Waals surface area (Å²) in [6, 6.07) is 5.98. The van der Waals surface area contributed by atoms with Crippen LogP contribution in [0.4, 0.5) is 0 Å². The first kappa shape index (κ1) is 13.6. The number of hydrogen-bond acceptors (Lipinski definition) is 2. The molecule has 94 valence electrons. The molecule has 0 heterocycles. The van der Waals surface area contributed by atoms with Crippen LogP contribution in [0.15, 0.2) is 24.3 Å². The molecule has 0 saturated carbocycles. The standard InChI is InChI=1S/C14H21NO2/c1-4-6-12-7-8-13(14(11-12)16-3)17-10-5-9-15-2/h4,6-8,11,15H,5,9-10H2,1-3H3/p+1/b6-4+. The van der Waals surface area contributed by atoms with Crippen molar-refractivity contribution in [2.24, 2.45) is 0 Å². The molecule has 0 unspecified atom stereocenters. The van der Waals surface area contributed by atoms with Crippen molar-refractivity contribution in [2.75, 3.05) is 27.3 Å². The van der Waals surface area contributed by atoms with Crippen LogP contribution < -0.4 is 14.8 Å². The number of nitrogens with two attached hydrogens (primary N) is 1. The van der Waals surface area contributed by atoms with Crippen molar-refractivity contribution in [1.82, 2.24) is 0 Å². The Kier molecular flexibility index (Phi) is 6.18. The predicted molar refractivity (Wildman–Crippen MR) is 70.5 cm³/mol. The Morgan fingerprint density at radius 2 is 2.12 bits per heavy atom. The number of quaternary nitrogens is 1. The number of rotatable bonds is 7. The van der Waals surface area contributed by atoms with Crippen molar-refractivity contribution >= 4 is 6.08 Å². The molecule has 0 atom stereocenters. The van der Waals surface area contributed by atoms with Crippen LogP contribution in [0.25, 0.3) is 6.08 Å². The number of methoxy groups -OCH3 is 1. The molecule has 1 aromatic carbocycles. The van der Waals surface area contributed by atoms with Gasteiger partial charge in [0.1, 0.15) is 0 Å². The van der Waals surface area contributed by atoms with Crippen molar-refractivity contribution in [3.05, 3.63) is 29.8 Å². The molecule has 0 bridgehead atoms. The number of hydrogen-bond donors (Lipinski definition) is 1. The quantitative estimate of drug-likeness (QED) is 0.731. The maximum Gasteiger partial charge on any atom is 0.161 e. The Hall–Kier alpha value is -1.48. The molecule has 1 aromatic rings. The Bertz CT molecular complexity index is 361. The number of ether oxygens (including phenoxy) is 2. The van der Waals surface area contributed by atoms with Crippen LogP contribution in [-0.2, 0) is 0 Å². The van der Waals surface area contributed by atoms with E-state index >= 15 is 0 Å². The van der Waals surface area contributed by atoms with Crippen LogP contribution in [-0.4, -0.2) is 27.3 Å². The van der Waals surface area contributed by atoms with Crippen molar-refractivity contribution < 1.29 is 14.8 Å². The van der Waals surface area contributed by atoms with Crippen LogP contribution in [0.3, 0.4) is 0 Å². The molecule has 0 aliphatic rings. The summed E-state index contributed by atoms with van der Waals surface area (Å²) in [4.78, 5) is 0. The van der Waals surface area contributed by atoms with Gasteiger partial charge in [0.05, 0.1) is 27.3 Å². The molecule has 0 amide bonds. The molecule has 17 heavy (non-hydrogen) atoms. The lowest BCUT2D eigenvalue weighted by Crippen LogP contribution is -2.79. The summed E-state index contributed by atoms with van der Waals surface area (Å²) >= 11 is 0. The Morgan fingerprint density at radius 1 is 1.29 bits per heavy atom. The average molecular weight is 236 g/mol. The van der Waals surface area contributed by atoms with Gasteiger partial charge in [-0.25, -0.2) is 0 Å². The van der Waals surface area contributed by atoms with Crippen molar-refractivity contribution in [1.29, 1.82) is 0 Å². The summed E-state index contributed by atoms with van der Waals surface area (Å²) < 4.78 is 11.0. The van der Waals surface area contributed by atoms with E-state index in [1.165, 1.54) is 0 Å². The second kappa shape index (κ2) is 7.74. The number of allylic oxidation sites excluding steroid dienone is 1. The minimum Gasteiger partial charge on any atom is -0.493 e. The van der Waals surface area contributed by atoms with E-state index in [1.807, 2.05) is 37.3 Å². The molecular formula is C14H22NO2+. The minimum atomic E-state index is 0.726. The zero-order chi connectivity index (χ0) is 12.5. The minimum absolute atomic E-state index is 0.726. The SMILES string of the molecule is C/C=C/c1ccc(OCCC[NH2+]C)c(OC)c1. The van der Waals surface area contributed by atoms with Crippen molar-refractivity contribution in [3.8, 4) is 11.5 Å². The smallest absolute Gasteiger partial charge is 0.161 e. The highest BCUT2D eigenvalue weighted by Gasteiger charge is 2.04. The zero-order valence-electron chi connectivity index (χ0n) is 10.9. The largest absolute Gasteiger partial charge is 0.493 e. The maximum atomic E-state index is 5.69. The van der Waals surface area contributed by atoms with E-state index in [0.29, 0.717) is 0 Å². The van der Waals surface area contributed by atoms with Gasteiger partial charge in [-0.05, 0) is 24.6 Å². The lowest BCUT2D eigenvalue weighted by molar-refractivity contribution is -0.627. The van der Waals surface area contributed by atoms with E-state index in [-0.39, 0.29) is 0 Å². The second-order valence-electron chi connectivity index (χ2n) is 3.81. The van der Waals surface area contributed by atoms with Gasteiger partial charge in [-0.15, -0.1) is 0 Å². The van der Waals surface area contributed by atoms with Crippen molar-refractivity contribution in [2.45, 2.75) is 13.3 Å². The molecule has 3 nitrogen and oxygen atoms in total. The van der Waals surface area contributed by atoms with E-state index in [0.717, 1.165) is 36.6 Å². The van der Waals surface area contributed by atoms with Gasteiger partial charge in [0.2, 0.25) is 0 Å². The number of benzene rings is 1. The normalized spacial score (nSPS) is 10.8. The van der Waals surface area contributed by atoms with Gasteiger partial charge in [0, 0.05) is 6.42 Å². The molecule has 0 saturated heterocycles. The third-order valence-electron chi connectivity index (χ3n) is 2.44. The molecule has 0 aromatic heterocycles. The van der Waals surface area contributed by atoms with Crippen LogP contribution >= 0.6 is 0 Å². The molecular weight excluding hydrogens is 214 g/mol. The van der Waals surface area contributed by atoms with Gasteiger partial charge < -0.3 is 14.8 Å². The summed E-state index contributed by atoms with van der Waals surface area (Å²) in [6.07, 6.45) is 5.08. The highest BCUT2D eigenvalue weighted by atomic mass is 16.5. The molecule has 0 aliphatic heterocycles. The Morgan fingerprint density at radius 3 is 2.76 bits per heavy atom. The van der Waals surface area contributed by atoms with Gasteiger partial charge in [-0.3, -0.25) is 0 Å². The lowest BCUT2D eigenvalue weighted by atomic mass is 10.2. The monoisotopic (exact) mass is 236 g/mol.